The highest BCUT2D eigenvalue weighted by Gasteiger charge is 2.09. The van der Waals surface area contributed by atoms with Crippen LogP contribution in [0.1, 0.15) is 31.1 Å². The number of para-hydroxylation sites is 1. The zero-order chi connectivity index (χ0) is 14.8. The second kappa shape index (κ2) is 9.39. The van der Waals surface area contributed by atoms with Gasteiger partial charge in [0, 0.05) is 14.1 Å². The first-order valence-corrected chi connectivity index (χ1v) is 6.69. The Kier molecular flexibility index (Phi) is 8.62. The van der Waals surface area contributed by atoms with Gasteiger partial charge in [-0.25, -0.2) is 4.79 Å². The summed E-state index contributed by atoms with van der Waals surface area (Å²) in [5, 5.41) is 8.79. The fraction of sp³-hybridized carbons (Fsp3) is 0.533. The van der Waals surface area contributed by atoms with Gasteiger partial charge in [-0.05, 0) is 31.8 Å². The van der Waals surface area contributed by atoms with Crippen molar-refractivity contribution in [2.45, 2.75) is 20.8 Å². The summed E-state index contributed by atoms with van der Waals surface area (Å²) in [5.41, 5.74) is 1.06. The first-order valence-electron chi connectivity index (χ1n) is 6.69. The lowest BCUT2D eigenvalue weighted by Crippen LogP contribution is -2.21. The average Bonchev–Trinajstić information content (AvgIpc) is 2.41. The van der Waals surface area contributed by atoms with Gasteiger partial charge in [-0.15, -0.1) is 0 Å². The molecule has 4 heteroatoms. The molecule has 1 aromatic carbocycles. The summed E-state index contributed by atoms with van der Waals surface area (Å²) >= 11 is 0. The minimum absolute atomic E-state index is 0.336. The molecule has 0 aliphatic carbocycles. The quantitative estimate of drug-likeness (QED) is 0.890. The Morgan fingerprint density at radius 1 is 1.05 bits per heavy atom. The van der Waals surface area contributed by atoms with E-state index in [4.69, 9.17) is 5.11 Å². The molecule has 4 nitrogen and oxygen atoms in total. The normalized spacial score (nSPS) is 9.79. The molecule has 1 rings (SSSR count). The summed E-state index contributed by atoms with van der Waals surface area (Å²) in [5.74, 6) is -0.890. The second-order valence-corrected chi connectivity index (χ2v) is 4.34. The largest absolute Gasteiger partial charge is 0.478 e. The van der Waals surface area contributed by atoms with Crippen LogP contribution in [-0.4, -0.2) is 49.7 Å². The number of carbonyl (C=O) groups is 1. The number of carboxylic acid groups (broad SMARTS) is 1. The minimum Gasteiger partial charge on any atom is -0.478 e. The molecule has 0 aromatic heterocycles. The van der Waals surface area contributed by atoms with Gasteiger partial charge in [-0.2, -0.15) is 0 Å². The third-order valence-corrected chi connectivity index (χ3v) is 2.96. The molecule has 0 bridgehead atoms. The molecule has 0 radical (unpaired) electrons. The van der Waals surface area contributed by atoms with Crippen LogP contribution in [0.5, 0.6) is 0 Å². The van der Waals surface area contributed by atoms with Gasteiger partial charge in [0.2, 0.25) is 0 Å². The molecule has 0 spiro atoms. The van der Waals surface area contributed by atoms with E-state index in [2.05, 4.69) is 25.7 Å². The van der Waals surface area contributed by atoms with Crippen molar-refractivity contribution in [1.82, 2.24) is 4.90 Å². The molecule has 0 heterocycles. The molecule has 0 unspecified atom stereocenters. The van der Waals surface area contributed by atoms with Crippen LogP contribution < -0.4 is 4.90 Å². The number of hydrogen-bond donors (Lipinski definition) is 1. The standard InChI is InChI=1S/C9H11NO2.C6H15N/c1-10(2)8-6-4-3-5-7(8)9(11)12;1-4-7(5-2)6-3/h3-6H,1-2H3,(H,11,12);4-6H2,1-3H3. The van der Waals surface area contributed by atoms with Gasteiger partial charge >= 0.3 is 5.97 Å². The Morgan fingerprint density at radius 2 is 1.53 bits per heavy atom. The monoisotopic (exact) mass is 266 g/mol. The van der Waals surface area contributed by atoms with Crippen LogP contribution in [0, 0.1) is 0 Å². The Labute approximate surface area is 116 Å². The van der Waals surface area contributed by atoms with Crippen molar-refractivity contribution in [2.75, 3.05) is 38.6 Å². The number of hydrogen-bond acceptors (Lipinski definition) is 3. The Bertz CT molecular complexity index is 369. The molecule has 0 saturated heterocycles. The van der Waals surface area contributed by atoms with Crippen molar-refractivity contribution in [3.8, 4) is 0 Å². The summed E-state index contributed by atoms with van der Waals surface area (Å²) in [7, 11) is 3.64. The Morgan fingerprint density at radius 3 is 1.79 bits per heavy atom. The highest BCUT2D eigenvalue weighted by atomic mass is 16.4. The van der Waals surface area contributed by atoms with Crippen LogP contribution >= 0.6 is 0 Å². The molecule has 0 atom stereocenters. The van der Waals surface area contributed by atoms with E-state index in [0.29, 0.717) is 5.56 Å². The molecule has 0 aliphatic heterocycles. The van der Waals surface area contributed by atoms with Crippen molar-refractivity contribution < 1.29 is 9.90 Å². The first kappa shape index (κ1) is 17.4. The molecule has 0 fully saturated rings. The maximum Gasteiger partial charge on any atom is 0.337 e. The van der Waals surface area contributed by atoms with E-state index < -0.39 is 5.97 Å². The maximum absolute atomic E-state index is 10.7. The number of rotatable bonds is 5. The first-order chi connectivity index (χ1) is 8.97. The van der Waals surface area contributed by atoms with Crippen molar-refractivity contribution in [3.05, 3.63) is 29.8 Å². The summed E-state index contributed by atoms with van der Waals surface area (Å²) in [6.45, 7) is 10.1. The molecular formula is C15H26N2O2. The van der Waals surface area contributed by atoms with Crippen LogP contribution in [0.2, 0.25) is 0 Å². The number of benzene rings is 1. The van der Waals surface area contributed by atoms with Crippen LogP contribution in [0.25, 0.3) is 0 Å². The van der Waals surface area contributed by atoms with E-state index in [1.807, 2.05) is 20.2 Å². The average molecular weight is 266 g/mol. The molecular weight excluding hydrogens is 240 g/mol. The lowest BCUT2D eigenvalue weighted by atomic mass is 10.2. The second-order valence-electron chi connectivity index (χ2n) is 4.34. The number of anilines is 1. The predicted octanol–water partition coefficient (Wildman–Crippen LogP) is 2.80. The van der Waals surface area contributed by atoms with Gasteiger partial charge in [-0.3, -0.25) is 0 Å². The van der Waals surface area contributed by atoms with Crippen LogP contribution in [-0.2, 0) is 0 Å². The fourth-order valence-electron chi connectivity index (χ4n) is 1.72. The van der Waals surface area contributed by atoms with Crippen molar-refractivity contribution in [1.29, 1.82) is 0 Å². The molecule has 0 saturated carbocycles. The Hall–Kier alpha value is -1.55. The van der Waals surface area contributed by atoms with Crippen LogP contribution in [0.4, 0.5) is 5.69 Å². The summed E-state index contributed by atoms with van der Waals surface area (Å²) in [6.07, 6.45) is 0. The smallest absolute Gasteiger partial charge is 0.337 e. The van der Waals surface area contributed by atoms with E-state index in [-0.39, 0.29) is 0 Å². The van der Waals surface area contributed by atoms with Crippen LogP contribution in [0.3, 0.4) is 0 Å². The molecule has 1 aromatic rings. The van der Waals surface area contributed by atoms with Gasteiger partial charge in [0.05, 0.1) is 11.3 Å². The molecule has 0 aliphatic rings. The summed E-state index contributed by atoms with van der Waals surface area (Å²) in [4.78, 5) is 14.9. The van der Waals surface area contributed by atoms with Gasteiger partial charge in [0.25, 0.3) is 0 Å². The number of aromatic carboxylic acids is 1. The van der Waals surface area contributed by atoms with E-state index >= 15 is 0 Å². The molecule has 0 amide bonds. The van der Waals surface area contributed by atoms with E-state index in [9.17, 15) is 4.79 Å². The summed E-state index contributed by atoms with van der Waals surface area (Å²) < 4.78 is 0. The lowest BCUT2D eigenvalue weighted by Gasteiger charge is -2.14. The third-order valence-electron chi connectivity index (χ3n) is 2.96. The van der Waals surface area contributed by atoms with Gasteiger partial charge in [0.1, 0.15) is 0 Å². The molecule has 19 heavy (non-hydrogen) atoms. The van der Waals surface area contributed by atoms with E-state index in [0.717, 1.165) is 5.69 Å². The highest BCUT2D eigenvalue weighted by Crippen LogP contribution is 2.17. The van der Waals surface area contributed by atoms with Gasteiger partial charge in [-0.1, -0.05) is 32.9 Å². The third kappa shape index (κ3) is 6.25. The molecule has 1 N–H and O–H groups in total. The fourth-order valence-corrected chi connectivity index (χ4v) is 1.72. The van der Waals surface area contributed by atoms with Crippen LogP contribution in [0.15, 0.2) is 24.3 Å². The number of nitrogens with zero attached hydrogens (tertiary/aromatic N) is 2. The Balaban J connectivity index is 0.000000399. The minimum atomic E-state index is -0.890. The van der Waals surface area contributed by atoms with Crippen molar-refractivity contribution >= 4 is 11.7 Å². The van der Waals surface area contributed by atoms with Crippen molar-refractivity contribution in [3.63, 3.8) is 0 Å². The van der Waals surface area contributed by atoms with Crippen molar-refractivity contribution in [2.24, 2.45) is 0 Å². The predicted molar refractivity (Wildman–Crippen MR) is 81.2 cm³/mol. The zero-order valence-electron chi connectivity index (χ0n) is 12.7. The van der Waals surface area contributed by atoms with Gasteiger partial charge < -0.3 is 14.9 Å². The topological polar surface area (TPSA) is 43.8 Å². The highest BCUT2D eigenvalue weighted by molar-refractivity contribution is 5.94. The number of carboxylic acids is 1. The van der Waals surface area contributed by atoms with E-state index in [1.54, 1.807) is 23.1 Å². The SMILES string of the molecule is CCN(CC)CC.CN(C)c1ccccc1C(=O)O. The zero-order valence-corrected chi connectivity index (χ0v) is 12.7. The van der Waals surface area contributed by atoms with Gasteiger partial charge in [0.15, 0.2) is 0 Å². The maximum atomic E-state index is 10.7. The molecule has 108 valence electrons. The summed E-state index contributed by atoms with van der Waals surface area (Å²) in [6, 6.07) is 6.92. The lowest BCUT2D eigenvalue weighted by molar-refractivity contribution is 0.0697. The van der Waals surface area contributed by atoms with E-state index in [1.165, 1.54) is 19.6 Å².